The Morgan fingerprint density at radius 3 is 2.26 bits per heavy atom. The van der Waals surface area contributed by atoms with Crippen molar-refractivity contribution in [1.82, 2.24) is 4.90 Å². The van der Waals surface area contributed by atoms with E-state index in [4.69, 9.17) is 0 Å². The molecule has 2 heterocycles. The van der Waals surface area contributed by atoms with Crippen molar-refractivity contribution in [1.29, 1.82) is 0 Å². The summed E-state index contributed by atoms with van der Waals surface area (Å²) in [5.41, 5.74) is 0.554. The molecule has 0 radical (unpaired) electrons. The maximum Gasteiger partial charge on any atom is 0.422 e. The first-order chi connectivity index (χ1) is 10.8. The molecule has 2 aliphatic heterocycles. The fourth-order valence-corrected chi connectivity index (χ4v) is 3.74. The standard InChI is InChI=1S/C17H20F3NO2/c1-21-13-4-5-14(21)9-12(8-13)16(22)11-2-6-15(7-3-11)23-10-17(18,19)20/h2-3,6-7,12-14H,4-5,8-10H2,1H3. The van der Waals surface area contributed by atoms with Gasteiger partial charge >= 0.3 is 6.18 Å². The normalized spacial score (nSPS) is 27.9. The molecule has 2 saturated heterocycles. The monoisotopic (exact) mass is 327 g/mol. The smallest absolute Gasteiger partial charge is 0.422 e. The summed E-state index contributed by atoms with van der Waals surface area (Å²) in [5.74, 6) is 0.241. The molecule has 0 spiro atoms. The van der Waals surface area contributed by atoms with Gasteiger partial charge in [-0.3, -0.25) is 4.79 Å². The van der Waals surface area contributed by atoms with Crippen LogP contribution in [0.4, 0.5) is 13.2 Å². The van der Waals surface area contributed by atoms with Crippen molar-refractivity contribution in [3.05, 3.63) is 29.8 Å². The number of benzene rings is 1. The van der Waals surface area contributed by atoms with Crippen molar-refractivity contribution >= 4 is 5.78 Å². The summed E-state index contributed by atoms with van der Waals surface area (Å²) in [6, 6.07) is 6.96. The first-order valence-electron chi connectivity index (χ1n) is 7.89. The molecule has 1 aromatic carbocycles. The van der Waals surface area contributed by atoms with Crippen LogP contribution in [0.25, 0.3) is 0 Å². The summed E-state index contributed by atoms with van der Waals surface area (Å²) in [4.78, 5) is 15.0. The third-order valence-corrected chi connectivity index (χ3v) is 5.01. The summed E-state index contributed by atoms with van der Waals surface area (Å²) in [6.45, 7) is -1.32. The highest BCUT2D eigenvalue weighted by atomic mass is 19.4. The topological polar surface area (TPSA) is 29.5 Å². The van der Waals surface area contributed by atoms with Gasteiger partial charge in [0, 0.05) is 23.6 Å². The quantitative estimate of drug-likeness (QED) is 0.790. The predicted molar refractivity (Wildman–Crippen MR) is 79.6 cm³/mol. The zero-order valence-electron chi connectivity index (χ0n) is 13.0. The Bertz CT molecular complexity index is 556. The highest BCUT2D eigenvalue weighted by Crippen LogP contribution is 2.38. The SMILES string of the molecule is CN1C2CCC1CC(C(=O)c1ccc(OCC(F)(F)F)cc1)C2. The molecule has 23 heavy (non-hydrogen) atoms. The van der Waals surface area contributed by atoms with Crippen molar-refractivity contribution in [3.63, 3.8) is 0 Å². The Labute approximate surface area is 133 Å². The van der Waals surface area contributed by atoms with E-state index in [1.165, 1.54) is 12.1 Å². The number of fused-ring (bicyclic) bond motifs is 2. The van der Waals surface area contributed by atoms with Crippen molar-refractivity contribution in [3.8, 4) is 5.75 Å². The number of nitrogens with zero attached hydrogens (tertiary/aromatic N) is 1. The number of halogens is 3. The molecule has 0 aromatic heterocycles. The Hall–Kier alpha value is -1.56. The fraction of sp³-hybridized carbons (Fsp3) is 0.588. The van der Waals surface area contributed by atoms with Crippen LogP contribution in [0, 0.1) is 5.92 Å². The van der Waals surface area contributed by atoms with Gasteiger partial charge in [0.25, 0.3) is 0 Å². The number of carbonyl (C=O) groups excluding carboxylic acids is 1. The first-order valence-corrected chi connectivity index (χ1v) is 7.89. The predicted octanol–water partition coefficient (Wildman–Crippen LogP) is 3.68. The van der Waals surface area contributed by atoms with E-state index in [-0.39, 0.29) is 17.5 Å². The second kappa shape index (κ2) is 6.15. The van der Waals surface area contributed by atoms with Crippen LogP contribution < -0.4 is 4.74 Å². The number of alkyl halides is 3. The number of hydrogen-bond acceptors (Lipinski definition) is 3. The van der Waals surface area contributed by atoms with E-state index < -0.39 is 12.8 Å². The third kappa shape index (κ3) is 3.68. The van der Waals surface area contributed by atoms with Crippen LogP contribution in [-0.2, 0) is 0 Å². The van der Waals surface area contributed by atoms with Crippen LogP contribution in [0.5, 0.6) is 5.75 Å². The molecule has 6 heteroatoms. The average molecular weight is 327 g/mol. The zero-order valence-corrected chi connectivity index (χ0v) is 13.0. The van der Waals surface area contributed by atoms with E-state index in [2.05, 4.69) is 16.7 Å². The lowest BCUT2D eigenvalue weighted by atomic mass is 9.85. The maximum atomic E-state index is 12.6. The zero-order chi connectivity index (χ0) is 16.6. The summed E-state index contributed by atoms with van der Waals surface area (Å²) < 4.78 is 41.0. The van der Waals surface area contributed by atoms with Crippen LogP contribution in [0.15, 0.2) is 24.3 Å². The molecule has 2 unspecified atom stereocenters. The maximum absolute atomic E-state index is 12.6. The summed E-state index contributed by atoms with van der Waals surface area (Å²) in [5, 5.41) is 0. The summed E-state index contributed by atoms with van der Waals surface area (Å²) >= 11 is 0. The van der Waals surface area contributed by atoms with Gasteiger partial charge < -0.3 is 9.64 Å². The molecule has 2 fully saturated rings. The Kier molecular flexibility index (Phi) is 4.36. The van der Waals surface area contributed by atoms with Crippen LogP contribution in [0.1, 0.15) is 36.0 Å². The molecule has 3 nitrogen and oxygen atoms in total. The van der Waals surface area contributed by atoms with E-state index in [0.29, 0.717) is 17.6 Å². The van der Waals surface area contributed by atoms with Gasteiger partial charge in [0.2, 0.25) is 0 Å². The third-order valence-electron chi connectivity index (χ3n) is 5.01. The lowest BCUT2D eigenvalue weighted by Gasteiger charge is -2.35. The lowest BCUT2D eigenvalue weighted by Crippen LogP contribution is -2.42. The summed E-state index contributed by atoms with van der Waals surface area (Å²) in [6.07, 6.45) is -0.317. The summed E-state index contributed by atoms with van der Waals surface area (Å²) in [7, 11) is 2.12. The Morgan fingerprint density at radius 1 is 1.17 bits per heavy atom. The minimum Gasteiger partial charge on any atom is -0.484 e. The van der Waals surface area contributed by atoms with Gasteiger partial charge in [0.15, 0.2) is 12.4 Å². The minimum absolute atomic E-state index is 0.0191. The van der Waals surface area contributed by atoms with E-state index >= 15 is 0 Å². The second-order valence-corrected chi connectivity index (χ2v) is 6.51. The Morgan fingerprint density at radius 2 is 1.74 bits per heavy atom. The molecule has 0 N–H and O–H groups in total. The molecule has 2 bridgehead atoms. The van der Waals surface area contributed by atoms with E-state index in [9.17, 15) is 18.0 Å². The molecule has 2 atom stereocenters. The van der Waals surface area contributed by atoms with E-state index in [1.54, 1.807) is 12.1 Å². The van der Waals surface area contributed by atoms with Crippen LogP contribution in [0.2, 0.25) is 0 Å². The van der Waals surface area contributed by atoms with Gasteiger partial charge in [0.05, 0.1) is 0 Å². The molecular formula is C17H20F3NO2. The van der Waals surface area contributed by atoms with E-state index in [0.717, 1.165) is 25.7 Å². The largest absolute Gasteiger partial charge is 0.484 e. The molecule has 126 valence electrons. The van der Waals surface area contributed by atoms with Crippen LogP contribution >= 0.6 is 0 Å². The number of rotatable bonds is 4. The highest BCUT2D eigenvalue weighted by molar-refractivity contribution is 5.98. The molecule has 0 amide bonds. The lowest BCUT2D eigenvalue weighted by molar-refractivity contribution is -0.153. The number of Topliss-reactive ketones (excluding diaryl/α,β-unsaturated/α-hetero) is 1. The molecule has 3 rings (SSSR count). The molecule has 0 aliphatic carbocycles. The number of ether oxygens (including phenoxy) is 1. The molecular weight excluding hydrogens is 307 g/mol. The van der Waals surface area contributed by atoms with Gasteiger partial charge in [-0.1, -0.05) is 0 Å². The van der Waals surface area contributed by atoms with Gasteiger partial charge in [0.1, 0.15) is 5.75 Å². The molecule has 1 aromatic rings. The first kappa shape index (κ1) is 16.3. The number of hydrogen-bond donors (Lipinski definition) is 0. The minimum atomic E-state index is -4.36. The molecule has 0 saturated carbocycles. The number of carbonyl (C=O) groups is 1. The van der Waals surface area contributed by atoms with Crippen molar-refractivity contribution in [2.45, 2.75) is 43.9 Å². The number of ketones is 1. The van der Waals surface area contributed by atoms with Gasteiger partial charge in [-0.2, -0.15) is 13.2 Å². The molecule has 2 aliphatic rings. The average Bonchev–Trinajstić information content (AvgIpc) is 2.74. The van der Waals surface area contributed by atoms with Crippen LogP contribution in [-0.4, -0.2) is 42.6 Å². The van der Waals surface area contributed by atoms with Gasteiger partial charge in [-0.15, -0.1) is 0 Å². The second-order valence-electron chi connectivity index (χ2n) is 6.51. The Balaban J connectivity index is 1.62. The van der Waals surface area contributed by atoms with E-state index in [1.807, 2.05) is 0 Å². The number of piperidine rings is 1. The van der Waals surface area contributed by atoms with Crippen molar-refractivity contribution < 1.29 is 22.7 Å². The van der Waals surface area contributed by atoms with Crippen molar-refractivity contribution in [2.24, 2.45) is 5.92 Å². The van der Waals surface area contributed by atoms with Gasteiger partial charge in [-0.05, 0) is 57.0 Å². The van der Waals surface area contributed by atoms with Crippen LogP contribution in [0.3, 0.4) is 0 Å². The van der Waals surface area contributed by atoms with Gasteiger partial charge in [-0.25, -0.2) is 0 Å². The highest BCUT2D eigenvalue weighted by Gasteiger charge is 2.40. The van der Waals surface area contributed by atoms with Crippen molar-refractivity contribution in [2.75, 3.05) is 13.7 Å². The fourth-order valence-electron chi connectivity index (χ4n) is 3.74.